The van der Waals surface area contributed by atoms with Crippen LogP contribution in [0.3, 0.4) is 0 Å². The maximum atomic E-state index is 14.1. The maximum Gasteiger partial charge on any atom is 0.251 e. The Morgan fingerprint density at radius 3 is 2.33 bits per heavy atom. The number of aromatic nitrogens is 5. The van der Waals surface area contributed by atoms with Crippen molar-refractivity contribution in [2.45, 2.75) is 19.1 Å². The number of hydrogen-bond donors (Lipinski definition) is 2. The van der Waals surface area contributed by atoms with E-state index in [0.29, 0.717) is 23.4 Å². The average Bonchev–Trinajstić information content (AvgIpc) is 3.67. The zero-order valence-corrected chi connectivity index (χ0v) is 22.4. The van der Waals surface area contributed by atoms with Crippen molar-refractivity contribution in [2.24, 2.45) is 0 Å². The van der Waals surface area contributed by atoms with Crippen LogP contribution in [-0.2, 0) is 22.7 Å². The Morgan fingerprint density at radius 1 is 0.881 bits per heavy atom. The van der Waals surface area contributed by atoms with Crippen molar-refractivity contribution in [1.29, 1.82) is 0 Å². The van der Waals surface area contributed by atoms with Crippen LogP contribution in [-0.4, -0.2) is 37.0 Å². The molecule has 2 N–H and O–H groups in total. The second kappa shape index (κ2) is 11.8. The molecule has 1 atom stereocenters. The van der Waals surface area contributed by atoms with E-state index in [-0.39, 0.29) is 24.1 Å². The van der Waals surface area contributed by atoms with Crippen molar-refractivity contribution >= 4 is 28.4 Å². The molecule has 0 spiro atoms. The number of halogens is 1. The molecule has 10 heteroatoms. The van der Waals surface area contributed by atoms with Crippen LogP contribution in [0.1, 0.15) is 17.2 Å². The molecule has 0 saturated heterocycles. The van der Waals surface area contributed by atoms with E-state index in [4.69, 9.17) is 0 Å². The summed E-state index contributed by atoms with van der Waals surface area (Å²) in [6.07, 6.45) is 1.76. The second-order valence-corrected chi connectivity index (χ2v) is 9.65. The zero-order chi connectivity index (χ0) is 28.9. The summed E-state index contributed by atoms with van der Waals surface area (Å²) in [4.78, 5) is 34.0. The van der Waals surface area contributed by atoms with Crippen molar-refractivity contribution in [2.75, 3.05) is 4.90 Å². The minimum atomic E-state index is -1.01. The average molecular weight is 560 g/mol. The number of rotatable bonds is 9. The van der Waals surface area contributed by atoms with Gasteiger partial charge in [0, 0.05) is 40.5 Å². The number of aromatic amines is 1. The number of H-pyrrole nitrogens is 1. The summed E-state index contributed by atoms with van der Waals surface area (Å²) in [5.74, 6) is -0.898. The first-order valence-corrected chi connectivity index (χ1v) is 13.4. The Labute approximate surface area is 240 Å². The van der Waals surface area contributed by atoms with Gasteiger partial charge in [-0.05, 0) is 53.2 Å². The molecule has 2 amide bonds. The first-order chi connectivity index (χ1) is 20.6. The lowest BCUT2D eigenvalue weighted by atomic mass is 10.0. The number of amides is 2. The van der Waals surface area contributed by atoms with Crippen LogP contribution in [0.25, 0.3) is 22.3 Å². The molecule has 42 heavy (non-hydrogen) atoms. The van der Waals surface area contributed by atoms with E-state index in [0.717, 1.165) is 16.5 Å². The van der Waals surface area contributed by atoms with Crippen LogP contribution in [0.2, 0.25) is 0 Å². The van der Waals surface area contributed by atoms with Crippen molar-refractivity contribution < 1.29 is 14.0 Å². The highest BCUT2D eigenvalue weighted by Gasteiger charge is 2.35. The molecule has 0 aliphatic rings. The summed E-state index contributed by atoms with van der Waals surface area (Å²) in [7, 11) is 0. The van der Waals surface area contributed by atoms with E-state index >= 15 is 0 Å². The van der Waals surface area contributed by atoms with Gasteiger partial charge >= 0.3 is 0 Å². The minimum Gasteiger partial charge on any atom is -0.361 e. The van der Waals surface area contributed by atoms with E-state index in [1.807, 2.05) is 72.8 Å². The minimum absolute atomic E-state index is 0.253. The topological polar surface area (TPSA) is 109 Å². The zero-order valence-electron chi connectivity index (χ0n) is 22.4. The number of benzene rings is 4. The number of para-hydroxylation sites is 2. The Hall–Kier alpha value is -5.64. The van der Waals surface area contributed by atoms with Crippen molar-refractivity contribution in [3.8, 4) is 11.4 Å². The number of nitrogens with one attached hydrogen (secondary N) is 2. The third kappa shape index (κ3) is 5.64. The molecule has 208 valence electrons. The lowest BCUT2D eigenvalue weighted by Crippen LogP contribution is -2.45. The number of hydrogen-bond acceptors (Lipinski definition) is 5. The molecule has 6 rings (SSSR count). The Morgan fingerprint density at radius 2 is 1.57 bits per heavy atom. The third-order valence-corrected chi connectivity index (χ3v) is 6.87. The van der Waals surface area contributed by atoms with Gasteiger partial charge in [-0.2, -0.15) is 4.80 Å². The van der Waals surface area contributed by atoms with Gasteiger partial charge in [0.1, 0.15) is 18.4 Å². The van der Waals surface area contributed by atoms with Gasteiger partial charge in [0.25, 0.3) is 5.91 Å². The van der Waals surface area contributed by atoms with Crippen molar-refractivity contribution in [1.82, 2.24) is 30.5 Å². The van der Waals surface area contributed by atoms with Crippen molar-refractivity contribution in [3.05, 3.63) is 132 Å². The Kier molecular flexibility index (Phi) is 7.50. The monoisotopic (exact) mass is 559 g/mol. The first-order valence-electron chi connectivity index (χ1n) is 13.4. The normalized spacial score (nSPS) is 11.7. The van der Waals surface area contributed by atoms with Gasteiger partial charge < -0.3 is 10.3 Å². The maximum absolute atomic E-state index is 14.1. The molecule has 2 aromatic heterocycles. The number of fused-ring (bicyclic) bond motifs is 1. The van der Waals surface area contributed by atoms with Crippen LogP contribution < -0.4 is 10.2 Å². The highest BCUT2D eigenvalue weighted by Crippen LogP contribution is 2.33. The Bertz CT molecular complexity index is 1820. The summed E-state index contributed by atoms with van der Waals surface area (Å²) in [5, 5.41) is 16.3. The molecule has 0 bridgehead atoms. The van der Waals surface area contributed by atoms with Gasteiger partial charge in [0.2, 0.25) is 11.7 Å². The summed E-state index contributed by atoms with van der Waals surface area (Å²) in [6, 6.07) is 30.9. The molecule has 9 nitrogen and oxygen atoms in total. The van der Waals surface area contributed by atoms with Crippen LogP contribution in [0.4, 0.5) is 10.1 Å². The standard InChI is InChI=1S/C32H26FN7O2/c33-24-17-15-23(16-18-24)31-36-38-39(37-31)21-29(41)40(25-11-5-2-6-12-25)30(27-20-34-28-14-8-7-13-26(27)28)32(42)35-19-22-9-3-1-4-10-22/h1-18,20,30,34H,19,21H2,(H,35,42)/t30-/m1/s1. The van der Waals surface area contributed by atoms with Crippen LogP contribution in [0.15, 0.2) is 115 Å². The van der Waals surface area contributed by atoms with Gasteiger partial charge in [-0.15, -0.1) is 10.2 Å². The molecule has 0 radical (unpaired) electrons. The van der Waals surface area contributed by atoms with Crippen LogP contribution in [0, 0.1) is 5.82 Å². The predicted molar refractivity (Wildman–Crippen MR) is 156 cm³/mol. The SMILES string of the molecule is O=C(NCc1ccccc1)[C@@H](c1c[nH]c2ccccc12)N(C(=O)Cn1nnc(-c2ccc(F)cc2)n1)c1ccccc1. The largest absolute Gasteiger partial charge is 0.361 e. The van der Waals surface area contributed by atoms with Crippen LogP contribution >= 0.6 is 0 Å². The molecule has 4 aromatic carbocycles. The fourth-order valence-electron chi connectivity index (χ4n) is 4.85. The predicted octanol–water partition coefficient (Wildman–Crippen LogP) is 5.05. The summed E-state index contributed by atoms with van der Waals surface area (Å²) < 4.78 is 13.4. The number of nitrogens with zero attached hydrogens (tertiary/aromatic N) is 5. The lowest BCUT2D eigenvalue weighted by molar-refractivity contribution is -0.127. The summed E-state index contributed by atoms with van der Waals surface area (Å²) >= 11 is 0. The number of tetrazole rings is 1. The summed E-state index contributed by atoms with van der Waals surface area (Å²) in [5.41, 5.74) is 3.52. The van der Waals surface area contributed by atoms with E-state index in [1.165, 1.54) is 21.8 Å². The van der Waals surface area contributed by atoms with Gasteiger partial charge in [-0.25, -0.2) is 4.39 Å². The number of carbonyl (C=O) groups excluding carboxylic acids is 2. The molecule has 6 aromatic rings. The molecule has 0 unspecified atom stereocenters. The van der Waals surface area contributed by atoms with Crippen LogP contribution in [0.5, 0.6) is 0 Å². The van der Waals surface area contributed by atoms with Gasteiger partial charge in [0.15, 0.2) is 0 Å². The fourth-order valence-corrected chi connectivity index (χ4v) is 4.85. The lowest BCUT2D eigenvalue weighted by Gasteiger charge is -2.31. The highest BCUT2D eigenvalue weighted by atomic mass is 19.1. The smallest absolute Gasteiger partial charge is 0.251 e. The molecule has 2 heterocycles. The molecule has 0 saturated carbocycles. The fraction of sp³-hybridized carbons (Fsp3) is 0.0938. The van der Waals surface area contributed by atoms with Gasteiger partial charge in [-0.1, -0.05) is 66.7 Å². The number of anilines is 1. The second-order valence-electron chi connectivity index (χ2n) is 9.65. The molecule has 0 aliphatic carbocycles. The van der Waals surface area contributed by atoms with Gasteiger partial charge in [-0.3, -0.25) is 14.5 Å². The van der Waals surface area contributed by atoms with E-state index in [2.05, 4.69) is 25.7 Å². The third-order valence-electron chi connectivity index (χ3n) is 6.87. The van der Waals surface area contributed by atoms with E-state index < -0.39 is 11.9 Å². The Balaban J connectivity index is 1.37. The first kappa shape index (κ1) is 26.6. The summed E-state index contributed by atoms with van der Waals surface area (Å²) in [6.45, 7) is 0.00885. The molecular weight excluding hydrogens is 533 g/mol. The highest BCUT2D eigenvalue weighted by molar-refractivity contribution is 6.03. The quantitative estimate of drug-likeness (QED) is 0.258. The number of carbonyl (C=O) groups is 2. The van der Waals surface area contributed by atoms with E-state index in [9.17, 15) is 14.0 Å². The molecular formula is C32H26FN7O2. The van der Waals surface area contributed by atoms with Gasteiger partial charge in [0.05, 0.1) is 0 Å². The van der Waals surface area contributed by atoms with E-state index in [1.54, 1.807) is 30.5 Å². The molecule has 0 aliphatic heterocycles. The molecule has 0 fully saturated rings. The van der Waals surface area contributed by atoms with Crippen molar-refractivity contribution in [3.63, 3.8) is 0 Å².